The van der Waals surface area contributed by atoms with Crippen molar-refractivity contribution in [3.8, 4) is 11.4 Å². The molecule has 3 aromatic rings. The summed E-state index contributed by atoms with van der Waals surface area (Å²) in [5, 5.41) is 6.40. The number of aromatic nitrogens is 2. The lowest BCUT2D eigenvalue weighted by molar-refractivity contribution is -0.0504. The van der Waals surface area contributed by atoms with Crippen molar-refractivity contribution in [1.29, 1.82) is 0 Å². The van der Waals surface area contributed by atoms with Crippen LogP contribution in [0.3, 0.4) is 0 Å². The lowest BCUT2D eigenvalue weighted by Crippen LogP contribution is -2.36. The minimum absolute atomic E-state index is 0. The first-order valence-electron chi connectivity index (χ1n) is 9.12. The van der Waals surface area contributed by atoms with Gasteiger partial charge in [0.1, 0.15) is 5.75 Å². The molecule has 1 aromatic heterocycles. The second kappa shape index (κ2) is 11.5. The van der Waals surface area contributed by atoms with Crippen LogP contribution in [0.15, 0.2) is 66.2 Å². The molecular weight excluding hydrogens is 503 g/mol. The number of guanidine groups is 1. The summed E-state index contributed by atoms with van der Waals surface area (Å²) < 4.78 is 31.8. The number of para-hydroxylation sites is 1. The smallest absolute Gasteiger partial charge is 0.387 e. The Kier molecular flexibility index (Phi) is 9.03. The molecule has 0 atom stereocenters. The summed E-state index contributed by atoms with van der Waals surface area (Å²) in [5.41, 5.74) is 3.66. The highest BCUT2D eigenvalue weighted by molar-refractivity contribution is 14.0. The minimum Gasteiger partial charge on any atom is -0.434 e. The van der Waals surface area contributed by atoms with Gasteiger partial charge >= 0.3 is 6.61 Å². The number of alkyl halides is 2. The Hall–Kier alpha value is -2.69. The number of halogens is 3. The van der Waals surface area contributed by atoms with Crippen LogP contribution in [0.2, 0.25) is 0 Å². The van der Waals surface area contributed by atoms with Crippen LogP contribution in [0.5, 0.6) is 5.75 Å². The summed E-state index contributed by atoms with van der Waals surface area (Å²) in [7, 11) is 1.66. The van der Waals surface area contributed by atoms with E-state index >= 15 is 0 Å². The third kappa shape index (κ3) is 6.41. The Bertz CT molecular complexity index is 964. The molecular formula is C21H24F2IN5O. The summed E-state index contributed by atoms with van der Waals surface area (Å²) in [6.45, 7) is -0.140. The monoisotopic (exact) mass is 527 g/mol. The quantitative estimate of drug-likeness (QED) is 0.274. The summed E-state index contributed by atoms with van der Waals surface area (Å²) in [6.07, 6.45) is 5.36. The second-order valence-corrected chi connectivity index (χ2v) is 6.37. The van der Waals surface area contributed by atoms with E-state index < -0.39 is 6.61 Å². The van der Waals surface area contributed by atoms with Gasteiger partial charge in [-0.2, -0.15) is 8.78 Å². The van der Waals surface area contributed by atoms with Gasteiger partial charge in [0.25, 0.3) is 0 Å². The first-order valence-corrected chi connectivity index (χ1v) is 9.12. The molecule has 0 aliphatic carbocycles. The molecule has 0 spiro atoms. The lowest BCUT2D eigenvalue weighted by Gasteiger charge is -2.16. The summed E-state index contributed by atoms with van der Waals surface area (Å²) in [4.78, 5) is 8.30. The van der Waals surface area contributed by atoms with Gasteiger partial charge in [-0.05, 0) is 24.6 Å². The fraction of sp³-hybridized carbons (Fsp3) is 0.238. The van der Waals surface area contributed by atoms with Crippen molar-refractivity contribution in [2.45, 2.75) is 26.6 Å². The van der Waals surface area contributed by atoms with Crippen LogP contribution in [-0.2, 0) is 13.1 Å². The highest BCUT2D eigenvalue weighted by Crippen LogP contribution is 2.22. The van der Waals surface area contributed by atoms with E-state index in [9.17, 15) is 8.78 Å². The molecule has 0 aliphatic heterocycles. The number of benzene rings is 2. The molecule has 2 aromatic carbocycles. The SMILES string of the molecule is CN=C(NCc1cc(C)ccc1OC(F)F)NCc1ccccc1-n1ccnc1.I. The molecule has 0 saturated carbocycles. The van der Waals surface area contributed by atoms with Gasteiger partial charge in [0, 0.05) is 38.1 Å². The molecule has 0 amide bonds. The Morgan fingerprint density at radius 1 is 1.13 bits per heavy atom. The Balaban J connectivity index is 0.00000320. The molecule has 30 heavy (non-hydrogen) atoms. The Morgan fingerprint density at radius 2 is 1.87 bits per heavy atom. The number of hydrogen-bond donors (Lipinski definition) is 2. The maximum Gasteiger partial charge on any atom is 0.387 e. The van der Waals surface area contributed by atoms with E-state index in [1.807, 2.05) is 48.0 Å². The van der Waals surface area contributed by atoms with Gasteiger partial charge in [0.2, 0.25) is 0 Å². The van der Waals surface area contributed by atoms with Crippen molar-refractivity contribution in [2.75, 3.05) is 7.05 Å². The highest BCUT2D eigenvalue weighted by atomic mass is 127. The molecule has 3 rings (SSSR count). The van der Waals surface area contributed by atoms with Crippen LogP contribution in [0.1, 0.15) is 16.7 Å². The Labute approximate surface area is 191 Å². The van der Waals surface area contributed by atoms with Gasteiger partial charge in [0.15, 0.2) is 5.96 Å². The average molecular weight is 527 g/mol. The summed E-state index contributed by atoms with van der Waals surface area (Å²) >= 11 is 0. The van der Waals surface area contributed by atoms with Crippen molar-refractivity contribution < 1.29 is 13.5 Å². The minimum atomic E-state index is -2.87. The van der Waals surface area contributed by atoms with Crippen LogP contribution in [-0.4, -0.2) is 29.2 Å². The number of aliphatic imine (C=N–C) groups is 1. The number of nitrogens with one attached hydrogen (secondary N) is 2. The van der Waals surface area contributed by atoms with Gasteiger partial charge in [-0.15, -0.1) is 24.0 Å². The third-order valence-electron chi connectivity index (χ3n) is 4.32. The normalized spacial score (nSPS) is 11.2. The number of aryl methyl sites for hydroxylation is 1. The average Bonchev–Trinajstić information content (AvgIpc) is 3.24. The topological polar surface area (TPSA) is 63.5 Å². The summed E-state index contributed by atoms with van der Waals surface area (Å²) in [6, 6.07) is 13.1. The molecule has 1 heterocycles. The fourth-order valence-electron chi connectivity index (χ4n) is 2.95. The number of ether oxygens (including phenoxy) is 1. The molecule has 0 unspecified atom stereocenters. The molecule has 0 fully saturated rings. The lowest BCUT2D eigenvalue weighted by atomic mass is 10.1. The molecule has 0 radical (unpaired) electrons. The largest absolute Gasteiger partial charge is 0.434 e. The van der Waals surface area contributed by atoms with E-state index in [1.54, 1.807) is 31.7 Å². The maximum absolute atomic E-state index is 12.6. The van der Waals surface area contributed by atoms with Gasteiger partial charge in [-0.1, -0.05) is 35.9 Å². The molecule has 0 aliphatic rings. The van der Waals surface area contributed by atoms with Crippen LogP contribution in [0, 0.1) is 6.92 Å². The van der Waals surface area contributed by atoms with Gasteiger partial charge in [0.05, 0.1) is 12.0 Å². The van der Waals surface area contributed by atoms with Crippen LogP contribution >= 0.6 is 24.0 Å². The molecule has 6 nitrogen and oxygen atoms in total. The zero-order chi connectivity index (χ0) is 20.6. The van der Waals surface area contributed by atoms with Gasteiger partial charge < -0.3 is 19.9 Å². The predicted molar refractivity (Wildman–Crippen MR) is 124 cm³/mol. The molecule has 160 valence electrons. The van der Waals surface area contributed by atoms with Crippen molar-refractivity contribution in [1.82, 2.24) is 20.2 Å². The zero-order valence-corrected chi connectivity index (χ0v) is 19.0. The number of nitrogens with zero attached hydrogens (tertiary/aromatic N) is 3. The van der Waals surface area contributed by atoms with Crippen LogP contribution in [0.4, 0.5) is 8.78 Å². The van der Waals surface area contributed by atoms with Gasteiger partial charge in [-0.3, -0.25) is 4.99 Å². The van der Waals surface area contributed by atoms with Crippen molar-refractivity contribution in [2.24, 2.45) is 4.99 Å². The van der Waals surface area contributed by atoms with E-state index in [0.717, 1.165) is 16.8 Å². The molecule has 0 bridgehead atoms. The molecule has 0 saturated heterocycles. The first kappa shape index (κ1) is 23.6. The maximum atomic E-state index is 12.6. The fourth-order valence-corrected chi connectivity index (χ4v) is 2.95. The van der Waals surface area contributed by atoms with Crippen LogP contribution < -0.4 is 15.4 Å². The summed E-state index contributed by atoms with van der Waals surface area (Å²) in [5.74, 6) is 0.703. The van der Waals surface area contributed by atoms with E-state index in [-0.39, 0.29) is 29.7 Å². The highest BCUT2D eigenvalue weighted by Gasteiger charge is 2.11. The van der Waals surface area contributed by atoms with Gasteiger partial charge in [-0.25, -0.2) is 4.98 Å². The van der Waals surface area contributed by atoms with Crippen molar-refractivity contribution in [3.63, 3.8) is 0 Å². The van der Waals surface area contributed by atoms with E-state index in [4.69, 9.17) is 0 Å². The third-order valence-corrected chi connectivity index (χ3v) is 4.32. The van der Waals surface area contributed by atoms with E-state index in [1.165, 1.54) is 0 Å². The number of imidazole rings is 1. The molecule has 9 heteroatoms. The van der Waals surface area contributed by atoms with Crippen molar-refractivity contribution >= 4 is 29.9 Å². The Morgan fingerprint density at radius 3 is 2.53 bits per heavy atom. The van der Waals surface area contributed by atoms with Crippen LogP contribution in [0.25, 0.3) is 5.69 Å². The standard InChI is InChI=1S/C21H23F2N5O.HI/c1-15-7-8-19(29-20(22)23)17(11-15)13-27-21(24-2)26-12-16-5-3-4-6-18(16)28-10-9-25-14-28;/h3-11,14,20H,12-13H2,1-2H3,(H2,24,26,27);1H. The number of hydrogen-bond acceptors (Lipinski definition) is 3. The van der Waals surface area contributed by atoms with E-state index in [2.05, 4.69) is 25.3 Å². The number of rotatable bonds is 7. The first-order chi connectivity index (χ1) is 14.1. The zero-order valence-electron chi connectivity index (χ0n) is 16.7. The predicted octanol–water partition coefficient (Wildman–Crippen LogP) is 4.27. The molecule has 2 N–H and O–H groups in total. The van der Waals surface area contributed by atoms with E-state index in [0.29, 0.717) is 24.6 Å². The van der Waals surface area contributed by atoms with Crippen molar-refractivity contribution in [3.05, 3.63) is 77.9 Å². The second-order valence-electron chi connectivity index (χ2n) is 6.37.